The maximum absolute atomic E-state index is 11.1. The minimum atomic E-state index is -0.0932. The quantitative estimate of drug-likeness (QED) is 0.557. The third kappa shape index (κ3) is 2.94. The summed E-state index contributed by atoms with van der Waals surface area (Å²) in [6, 6.07) is 7.06. The number of carbonyl (C=O) groups is 2. The summed E-state index contributed by atoms with van der Waals surface area (Å²) in [5.74, 6) is 0. The van der Waals surface area contributed by atoms with Crippen LogP contribution in [0.25, 0.3) is 0 Å². The van der Waals surface area contributed by atoms with E-state index in [1.165, 1.54) is 6.92 Å². The lowest BCUT2D eigenvalue weighted by Crippen LogP contribution is -1.92. The summed E-state index contributed by atoms with van der Waals surface area (Å²) in [6.07, 6.45) is 0. The molecule has 0 spiro atoms. The first-order valence-corrected chi connectivity index (χ1v) is 5.08. The van der Waals surface area contributed by atoms with E-state index in [-0.39, 0.29) is 10.6 Å². The fraction of sp³-hybridized carbons (Fsp3) is 0.111. The van der Waals surface area contributed by atoms with Crippen LogP contribution in [0.3, 0.4) is 0 Å². The predicted octanol–water partition coefficient (Wildman–Crippen LogP) is 2.34. The second-order valence-corrected chi connectivity index (χ2v) is 4.20. The fourth-order valence-corrected chi connectivity index (χ4v) is 2.01. The van der Waals surface area contributed by atoms with Crippen LogP contribution in [0.15, 0.2) is 29.2 Å². The number of hydrogen-bond donors (Lipinski definition) is 0. The Morgan fingerprint density at radius 2 is 1.92 bits per heavy atom. The number of thioether (sulfide) groups is 1. The lowest BCUT2D eigenvalue weighted by molar-refractivity contribution is -0.109. The van der Waals surface area contributed by atoms with E-state index < -0.39 is 0 Å². The molecule has 0 N–H and O–H groups in total. The molecular formula is C9H9O2PS. The highest BCUT2D eigenvalue weighted by atomic mass is 32.2. The Bertz CT molecular complexity index is 349. The van der Waals surface area contributed by atoms with Crippen molar-refractivity contribution in [3.05, 3.63) is 29.8 Å². The van der Waals surface area contributed by atoms with Gasteiger partial charge in [0.15, 0.2) is 10.6 Å². The van der Waals surface area contributed by atoms with Crippen LogP contribution < -0.4 is 0 Å². The molecular weight excluding hydrogens is 203 g/mol. The van der Waals surface area contributed by atoms with Gasteiger partial charge in [0, 0.05) is 17.4 Å². The monoisotopic (exact) mass is 212 g/mol. The normalized spacial score (nSPS) is 9.69. The van der Waals surface area contributed by atoms with Crippen molar-refractivity contribution in [2.24, 2.45) is 0 Å². The lowest BCUT2D eigenvalue weighted by atomic mass is 10.2. The first-order valence-electron chi connectivity index (χ1n) is 3.68. The molecule has 1 aromatic carbocycles. The lowest BCUT2D eigenvalue weighted by Gasteiger charge is -2.02. The van der Waals surface area contributed by atoms with E-state index in [0.29, 0.717) is 5.56 Å². The fourth-order valence-electron chi connectivity index (χ4n) is 0.914. The van der Waals surface area contributed by atoms with Crippen molar-refractivity contribution in [3.8, 4) is 0 Å². The Morgan fingerprint density at radius 1 is 1.31 bits per heavy atom. The second-order valence-electron chi connectivity index (χ2n) is 2.45. The van der Waals surface area contributed by atoms with Crippen LogP contribution in [0.4, 0.5) is 0 Å². The molecule has 13 heavy (non-hydrogen) atoms. The van der Waals surface area contributed by atoms with E-state index in [0.717, 1.165) is 16.7 Å². The molecule has 1 unspecified atom stereocenters. The molecule has 0 bridgehead atoms. The zero-order valence-corrected chi connectivity index (χ0v) is 9.08. The van der Waals surface area contributed by atoms with Gasteiger partial charge in [-0.2, -0.15) is 0 Å². The van der Waals surface area contributed by atoms with Crippen molar-refractivity contribution >= 4 is 31.6 Å². The molecule has 0 heterocycles. The van der Waals surface area contributed by atoms with Gasteiger partial charge in [0.1, 0.15) is 0 Å². The molecule has 0 aliphatic carbocycles. The standard InChI is InChI=1S/C9H9O2PS/c1-6(10)13-8-5-3-2-4-7(8)9(11)12/h2-5H,12H2,1H3. The van der Waals surface area contributed by atoms with Gasteiger partial charge in [0.25, 0.3) is 0 Å². The first kappa shape index (κ1) is 10.4. The summed E-state index contributed by atoms with van der Waals surface area (Å²) in [5.41, 5.74) is 0.483. The van der Waals surface area contributed by atoms with Crippen molar-refractivity contribution in [1.29, 1.82) is 0 Å². The largest absolute Gasteiger partial charge is 0.290 e. The number of hydrogen-bond acceptors (Lipinski definition) is 3. The average molecular weight is 212 g/mol. The van der Waals surface area contributed by atoms with Crippen LogP contribution >= 0.6 is 21.0 Å². The highest BCUT2D eigenvalue weighted by Crippen LogP contribution is 2.24. The van der Waals surface area contributed by atoms with Gasteiger partial charge in [0.2, 0.25) is 0 Å². The molecule has 1 rings (SSSR count). The van der Waals surface area contributed by atoms with E-state index >= 15 is 0 Å². The molecule has 0 fully saturated rings. The van der Waals surface area contributed by atoms with Crippen molar-refractivity contribution in [1.82, 2.24) is 0 Å². The van der Waals surface area contributed by atoms with E-state index in [4.69, 9.17) is 0 Å². The smallest absolute Gasteiger partial charge is 0.190 e. The average Bonchev–Trinajstić information content (AvgIpc) is 2.03. The molecule has 0 aromatic heterocycles. The first-order chi connectivity index (χ1) is 6.11. The van der Waals surface area contributed by atoms with Crippen LogP contribution in [-0.2, 0) is 4.79 Å². The van der Waals surface area contributed by atoms with E-state index in [1.54, 1.807) is 18.2 Å². The highest BCUT2D eigenvalue weighted by molar-refractivity contribution is 8.13. The number of benzene rings is 1. The molecule has 1 atom stereocenters. The predicted molar refractivity (Wildman–Crippen MR) is 57.0 cm³/mol. The maximum atomic E-state index is 11.1. The van der Waals surface area contributed by atoms with Crippen LogP contribution in [0.1, 0.15) is 17.3 Å². The van der Waals surface area contributed by atoms with E-state index in [9.17, 15) is 9.59 Å². The van der Waals surface area contributed by atoms with E-state index in [1.807, 2.05) is 6.07 Å². The summed E-state index contributed by atoms with van der Waals surface area (Å²) in [4.78, 5) is 22.6. The maximum Gasteiger partial charge on any atom is 0.190 e. The Balaban J connectivity index is 3.04. The van der Waals surface area contributed by atoms with Crippen molar-refractivity contribution in [2.45, 2.75) is 11.8 Å². The number of carbonyl (C=O) groups excluding carboxylic acids is 2. The summed E-state index contributed by atoms with van der Waals surface area (Å²) in [5, 5.41) is -0.0151. The van der Waals surface area contributed by atoms with Gasteiger partial charge in [0.05, 0.1) is 0 Å². The molecule has 68 valence electrons. The SMILES string of the molecule is CC(=O)Sc1ccccc1C(=O)P. The second kappa shape index (κ2) is 4.54. The topological polar surface area (TPSA) is 34.1 Å². The molecule has 0 radical (unpaired) electrons. The number of rotatable bonds is 2. The molecule has 0 saturated heterocycles. The third-order valence-corrected chi connectivity index (χ3v) is 2.58. The van der Waals surface area contributed by atoms with Crippen molar-refractivity contribution in [3.63, 3.8) is 0 Å². The minimum absolute atomic E-state index is 0.0151. The van der Waals surface area contributed by atoms with Crippen molar-refractivity contribution < 1.29 is 9.59 Å². The Labute approximate surface area is 83.3 Å². The van der Waals surface area contributed by atoms with Gasteiger partial charge in [-0.1, -0.05) is 33.1 Å². The van der Waals surface area contributed by atoms with Gasteiger partial charge in [-0.3, -0.25) is 9.59 Å². The zero-order valence-electron chi connectivity index (χ0n) is 7.11. The highest BCUT2D eigenvalue weighted by Gasteiger charge is 2.08. The Hall–Kier alpha value is -0.660. The summed E-state index contributed by atoms with van der Waals surface area (Å²) < 4.78 is 0. The molecule has 0 amide bonds. The van der Waals surface area contributed by atoms with E-state index in [2.05, 4.69) is 9.24 Å². The third-order valence-electron chi connectivity index (χ3n) is 1.41. The van der Waals surface area contributed by atoms with Crippen LogP contribution in [0.2, 0.25) is 0 Å². The van der Waals surface area contributed by atoms with Gasteiger partial charge in [-0.05, 0) is 12.1 Å². The van der Waals surface area contributed by atoms with Gasteiger partial charge >= 0.3 is 0 Å². The van der Waals surface area contributed by atoms with Gasteiger partial charge < -0.3 is 0 Å². The Kier molecular flexibility index (Phi) is 3.64. The molecule has 4 heteroatoms. The summed E-state index contributed by atoms with van der Waals surface area (Å²) in [6.45, 7) is 1.48. The Morgan fingerprint density at radius 3 is 2.46 bits per heavy atom. The van der Waals surface area contributed by atoms with Gasteiger partial charge in [-0.25, -0.2) is 0 Å². The summed E-state index contributed by atoms with van der Waals surface area (Å²) >= 11 is 1.08. The molecule has 0 aliphatic rings. The summed E-state index contributed by atoms with van der Waals surface area (Å²) in [7, 11) is 2.10. The van der Waals surface area contributed by atoms with Gasteiger partial charge in [-0.15, -0.1) is 0 Å². The van der Waals surface area contributed by atoms with Crippen molar-refractivity contribution in [2.75, 3.05) is 0 Å². The minimum Gasteiger partial charge on any atom is -0.290 e. The van der Waals surface area contributed by atoms with Crippen LogP contribution in [-0.4, -0.2) is 10.6 Å². The molecule has 0 aliphatic heterocycles. The molecule has 0 saturated carbocycles. The van der Waals surface area contributed by atoms with Crippen LogP contribution in [0.5, 0.6) is 0 Å². The molecule has 1 aromatic rings. The molecule has 2 nitrogen and oxygen atoms in total. The van der Waals surface area contributed by atoms with Crippen LogP contribution in [0, 0.1) is 0 Å². The zero-order chi connectivity index (χ0) is 9.84.